The van der Waals surface area contributed by atoms with E-state index in [0.717, 1.165) is 35.5 Å². The van der Waals surface area contributed by atoms with Crippen LogP contribution in [0.3, 0.4) is 0 Å². The van der Waals surface area contributed by atoms with Gasteiger partial charge in [0.15, 0.2) is 0 Å². The summed E-state index contributed by atoms with van der Waals surface area (Å²) in [7, 11) is 0. The maximum atomic E-state index is 12.2. The first-order valence-electron chi connectivity index (χ1n) is 7.79. The highest BCUT2D eigenvalue weighted by Crippen LogP contribution is 2.21. The smallest absolute Gasteiger partial charge is 0.252 e. The molecule has 0 bridgehead atoms. The fourth-order valence-corrected chi connectivity index (χ4v) is 3.35. The molecule has 2 heterocycles. The molecule has 7 heteroatoms. The lowest BCUT2D eigenvalue weighted by atomic mass is 10.2. The third kappa shape index (κ3) is 3.93. The maximum Gasteiger partial charge on any atom is 0.252 e. The van der Waals surface area contributed by atoms with Crippen molar-refractivity contribution in [1.29, 1.82) is 0 Å². The number of amides is 1. The Kier molecular flexibility index (Phi) is 5.33. The molecule has 122 valence electrons. The van der Waals surface area contributed by atoms with Crippen molar-refractivity contribution in [2.75, 3.05) is 6.54 Å². The second-order valence-electron chi connectivity index (χ2n) is 5.62. The number of hydrogen-bond donors (Lipinski definition) is 1. The topological polar surface area (TPSA) is 59.8 Å². The highest BCUT2D eigenvalue weighted by atomic mass is 79.9. The van der Waals surface area contributed by atoms with Crippen molar-refractivity contribution in [2.45, 2.75) is 38.6 Å². The van der Waals surface area contributed by atoms with Crippen molar-refractivity contribution in [1.82, 2.24) is 20.1 Å². The molecule has 0 spiro atoms. The molecule has 1 aliphatic heterocycles. The van der Waals surface area contributed by atoms with Gasteiger partial charge in [0, 0.05) is 30.4 Å². The number of hydrogen-bond acceptors (Lipinski definition) is 3. The van der Waals surface area contributed by atoms with Crippen molar-refractivity contribution >= 4 is 33.4 Å². The van der Waals surface area contributed by atoms with E-state index in [1.54, 1.807) is 12.1 Å². The summed E-state index contributed by atoms with van der Waals surface area (Å²) in [5.74, 6) is 1.84. The number of aromatic nitrogens is 3. The molecule has 1 aliphatic rings. The SMILES string of the molecule is O=C(NCCc1nnc2n1CCCCC2)c1cc(Br)ccc1Cl. The normalized spacial score (nSPS) is 14.2. The van der Waals surface area contributed by atoms with Crippen molar-refractivity contribution in [3.05, 3.63) is 44.9 Å². The molecule has 1 aromatic heterocycles. The lowest BCUT2D eigenvalue weighted by molar-refractivity contribution is 0.0954. The van der Waals surface area contributed by atoms with Gasteiger partial charge in [-0.3, -0.25) is 4.79 Å². The van der Waals surface area contributed by atoms with E-state index in [0.29, 0.717) is 23.6 Å². The zero-order valence-corrected chi connectivity index (χ0v) is 15.0. The lowest BCUT2D eigenvalue weighted by Gasteiger charge is -2.09. The Balaban J connectivity index is 1.60. The van der Waals surface area contributed by atoms with Crippen LogP contribution in [0.1, 0.15) is 41.3 Å². The minimum absolute atomic E-state index is 0.174. The van der Waals surface area contributed by atoms with E-state index >= 15 is 0 Å². The van der Waals surface area contributed by atoms with Crippen LogP contribution >= 0.6 is 27.5 Å². The molecule has 1 aromatic carbocycles. The number of carbonyl (C=O) groups is 1. The first kappa shape index (κ1) is 16.5. The minimum atomic E-state index is -0.174. The van der Waals surface area contributed by atoms with Gasteiger partial charge >= 0.3 is 0 Å². The molecule has 0 atom stereocenters. The van der Waals surface area contributed by atoms with Crippen LogP contribution in [0.4, 0.5) is 0 Å². The second-order valence-corrected chi connectivity index (χ2v) is 6.95. The number of rotatable bonds is 4. The fourth-order valence-electron chi connectivity index (χ4n) is 2.78. The van der Waals surface area contributed by atoms with Crippen LogP contribution in [-0.2, 0) is 19.4 Å². The molecule has 0 radical (unpaired) electrons. The largest absolute Gasteiger partial charge is 0.352 e. The van der Waals surface area contributed by atoms with Crippen molar-refractivity contribution in [3.63, 3.8) is 0 Å². The van der Waals surface area contributed by atoms with Gasteiger partial charge in [0.25, 0.3) is 5.91 Å². The second kappa shape index (κ2) is 7.45. The van der Waals surface area contributed by atoms with E-state index in [2.05, 4.69) is 36.0 Å². The molecule has 1 amide bonds. The zero-order valence-electron chi connectivity index (χ0n) is 12.7. The third-order valence-corrected chi connectivity index (χ3v) is 4.82. The van der Waals surface area contributed by atoms with Gasteiger partial charge in [-0.1, -0.05) is 34.0 Å². The summed E-state index contributed by atoms with van der Waals surface area (Å²) in [6.45, 7) is 1.49. The molecule has 0 saturated heterocycles. The Morgan fingerprint density at radius 3 is 3.04 bits per heavy atom. The summed E-state index contributed by atoms with van der Waals surface area (Å²) in [4.78, 5) is 12.2. The maximum absolute atomic E-state index is 12.2. The van der Waals surface area contributed by atoms with Crippen LogP contribution in [0, 0.1) is 0 Å². The summed E-state index contributed by atoms with van der Waals surface area (Å²) in [6.07, 6.45) is 5.24. The number of fused-ring (bicyclic) bond motifs is 1. The Labute approximate surface area is 148 Å². The molecule has 0 fully saturated rings. The van der Waals surface area contributed by atoms with Crippen LogP contribution < -0.4 is 5.32 Å². The number of nitrogens with zero attached hydrogens (tertiary/aromatic N) is 3. The molecular weight excluding hydrogens is 380 g/mol. The van der Waals surface area contributed by atoms with E-state index in [1.165, 1.54) is 12.8 Å². The summed E-state index contributed by atoms with van der Waals surface area (Å²) in [6, 6.07) is 5.24. The molecular formula is C16H18BrClN4O. The number of halogens is 2. The number of carbonyl (C=O) groups excluding carboxylic acids is 1. The third-order valence-electron chi connectivity index (χ3n) is 3.99. The predicted octanol–water partition coefficient (Wildman–Crippen LogP) is 3.39. The number of aryl methyl sites for hydroxylation is 1. The van der Waals surface area contributed by atoms with E-state index < -0.39 is 0 Å². The zero-order chi connectivity index (χ0) is 16.2. The average Bonchev–Trinajstić information content (AvgIpc) is 2.77. The van der Waals surface area contributed by atoms with E-state index in [9.17, 15) is 4.79 Å². The van der Waals surface area contributed by atoms with Gasteiger partial charge in [-0.2, -0.15) is 0 Å². The highest BCUT2D eigenvalue weighted by molar-refractivity contribution is 9.10. The van der Waals surface area contributed by atoms with Crippen molar-refractivity contribution in [2.24, 2.45) is 0 Å². The summed E-state index contributed by atoms with van der Waals surface area (Å²) >= 11 is 9.43. The Hall–Kier alpha value is -1.40. The van der Waals surface area contributed by atoms with Crippen LogP contribution in [0.15, 0.2) is 22.7 Å². The van der Waals surface area contributed by atoms with Gasteiger partial charge in [0.2, 0.25) is 0 Å². The summed E-state index contributed by atoms with van der Waals surface area (Å²) in [5, 5.41) is 11.9. The van der Waals surface area contributed by atoms with Crippen molar-refractivity contribution in [3.8, 4) is 0 Å². The Morgan fingerprint density at radius 2 is 2.17 bits per heavy atom. The van der Waals surface area contributed by atoms with Gasteiger partial charge in [0.1, 0.15) is 11.6 Å². The molecule has 0 aliphatic carbocycles. The van der Waals surface area contributed by atoms with Gasteiger partial charge < -0.3 is 9.88 Å². The molecule has 2 aromatic rings. The van der Waals surface area contributed by atoms with Gasteiger partial charge in [0.05, 0.1) is 10.6 Å². The van der Waals surface area contributed by atoms with E-state index in [4.69, 9.17) is 11.6 Å². The number of nitrogens with one attached hydrogen (secondary N) is 1. The van der Waals surface area contributed by atoms with E-state index in [-0.39, 0.29) is 5.91 Å². The molecule has 1 N–H and O–H groups in total. The molecule has 5 nitrogen and oxygen atoms in total. The van der Waals surface area contributed by atoms with Crippen molar-refractivity contribution < 1.29 is 4.79 Å². The fraction of sp³-hybridized carbons (Fsp3) is 0.438. The molecule has 23 heavy (non-hydrogen) atoms. The predicted molar refractivity (Wildman–Crippen MR) is 92.8 cm³/mol. The highest BCUT2D eigenvalue weighted by Gasteiger charge is 2.15. The van der Waals surface area contributed by atoms with Crippen LogP contribution in [-0.4, -0.2) is 27.2 Å². The monoisotopic (exact) mass is 396 g/mol. The average molecular weight is 398 g/mol. The van der Waals surface area contributed by atoms with Gasteiger partial charge in [-0.25, -0.2) is 0 Å². The quantitative estimate of drug-likeness (QED) is 0.860. The van der Waals surface area contributed by atoms with E-state index in [1.807, 2.05) is 6.07 Å². The lowest BCUT2D eigenvalue weighted by Crippen LogP contribution is -2.27. The Morgan fingerprint density at radius 1 is 1.30 bits per heavy atom. The first-order chi connectivity index (χ1) is 11.1. The van der Waals surface area contributed by atoms with Crippen LogP contribution in [0.25, 0.3) is 0 Å². The minimum Gasteiger partial charge on any atom is -0.352 e. The number of benzene rings is 1. The van der Waals surface area contributed by atoms with Crippen LogP contribution in [0.5, 0.6) is 0 Å². The standard InChI is InChI=1S/C16H18BrClN4O/c17-11-5-6-13(18)12(10-11)16(23)19-8-7-15-21-20-14-4-2-1-3-9-22(14)15/h5-6,10H,1-4,7-9H2,(H,19,23). The Bertz CT molecular complexity index is 716. The molecule has 0 unspecified atom stereocenters. The first-order valence-corrected chi connectivity index (χ1v) is 8.96. The summed E-state index contributed by atoms with van der Waals surface area (Å²) < 4.78 is 3.03. The van der Waals surface area contributed by atoms with Gasteiger partial charge in [-0.05, 0) is 31.0 Å². The molecule has 3 rings (SSSR count). The van der Waals surface area contributed by atoms with Crippen LogP contribution in [0.2, 0.25) is 5.02 Å². The molecule has 0 saturated carbocycles. The van der Waals surface area contributed by atoms with Gasteiger partial charge in [-0.15, -0.1) is 10.2 Å². The summed E-state index contributed by atoms with van der Waals surface area (Å²) in [5.41, 5.74) is 0.473.